The van der Waals surface area contributed by atoms with Gasteiger partial charge in [-0.2, -0.15) is 5.10 Å². The predicted molar refractivity (Wildman–Crippen MR) is 84.3 cm³/mol. The van der Waals surface area contributed by atoms with E-state index in [1.165, 1.54) is 0 Å². The Labute approximate surface area is 130 Å². The molecule has 0 aliphatic rings. The van der Waals surface area contributed by atoms with Crippen LogP contribution in [0.25, 0.3) is 0 Å². The third-order valence-corrected chi connectivity index (χ3v) is 3.58. The van der Waals surface area contributed by atoms with Crippen molar-refractivity contribution >= 4 is 6.03 Å². The Morgan fingerprint density at radius 3 is 2.77 bits per heavy atom. The minimum absolute atomic E-state index is 0.149. The lowest BCUT2D eigenvalue weighted by molar-refractivity contribution is 0.172. The smallest absolute Gasteiger partial charge is 0.315 e. The molecule has 2 rings (SSSR count). The van der Waals surface area contributed by atoms with Crippen LogP contribution in [0.3, 0.4) is 0 Å². The number of aromatic nitrogens is 2. The molecule has 2 aromatic rings. The van der Waals surface area contributed by atoms with Crippen molar-refractivity contribution in [2.24, 2.45) is 7.05 Å². The zero-order valence-electron chi connectivity index (χ0n) is 13.1. The van der Waals surface area contributed by atoms with Crippen molar-refractivity contribution in [3.63, 3.8) is 0 Å². The van der Waals surface area contributed by atoms with Crippen LogP contribution in [-0.4, -0.2) is 27.5 Å². The summed E-state index contributed by atoms with van der Waals surface area (Å²) in [5.41, 5.74) is 2.75. The second-order valence-corrected chi connectivity index (χ2v) is 5.40. The van der Waals surface area contributed by atoms with Crippen LogP contribution in [-0.2, 0) is 7.05 Å². The van der Waals surface area contributed by atoms with Crippen LogP contribution in [0.5, 0.6) is 0 Å². The Morgan fingerprint density at radius 1 is 1.41 bits per heavy atom. The molecule has 0 aliphatic carbocycles. The van der Waals surface area contributed by atoms with Gasteiger partial charge in [-0.05, 0) is 25.0 Å². The summed E-state index contributed by atoms with van der Waals surface area (Å²) in [6.07, 6.45) is 2.85. The summed E-state index contributed by atoms with van der Waals surface area (Å²) in [5.74, 6) is 0. The number of urea groups is 1. The van der Waals surface area contributed by atoms with Crippen LogP contribution < -0.4 is 10.6 Å². The van der Waals surface area contributed by atoms with Crippen molar-refractivity contribution in [2.75, 3.05) is 6.54 Å². The molecule has 6 heteroatoms. The molecule has 1 heterocycles. The van der Waals surface area contributed by atoms with Crippen LogP contribution >= 0.6 is 0 Å². The van der Waals surface area contributed by atoms with Crippen molar-refractivity contribution in [1.82, 2.24) is 20.4 Å². The van der Waals surface area contributed by atoms with E-state index in [-0.39, 0.29) is 18.6 Å². The van der Waals surface area contributed by atoms with E-state index in [1.807, 2.05) is 51.4 Å². The van der Waals surface area contributed by atoms with E-state index in [4.69, 9.17) is 0 Å². The van der Waals surface area contributed by atoms with Crippen molar-refractivity contribution in [3.8, 4) is 0 Å². The number of rotatable bonds is 5. The highest BCUT2D eigenvalue weighted by molar-refractivity contribution is 5.74. The molecule has 0 bridgehead atoms. The Bertz CT molecular complexity index is 639. The standard InChI is InChI=1S/C16H22N4O2/c1-11-6-4-5-7-14(11)15(21)9-17-16(22)19-12(2)13-8-18-20(3)10-13/h4-8,10,12,15,21H,9H2,1-3H3,(H2,17,19,22). The first kappa shape index (κ1) is 16.0. The molecule has 0 saturated heterocycles. The van der Waals surface area contributed by atoms with Crippen molar-refractivity contribution in [2.45, 2.75) is 26.0 Å². The first-order valence-corrected chi connectivity index (χ1v) is 7.24. The maximum atomic E-state index is 11.9. The molecule has 0 fully saturated rings. The van der Waals surface area contributed by atoms with Crippen molar-refractivity contribution < 1.29 is 9.90 Å². The maximum absolute atomic E-state index is 11.9. The molecule has 118 valence electrons. The number of amides is 2. The van der Waals surface area contributed by atoms with E-state index in [1.54, 1.807) is 10.9 Å². The maximum Gasteiger partial charge on any atom is 0.315 e. The van der Waals surface area contributed by atoms with Gasteiger partial charge in [0.2, 0.25) is 0 Å². The van der Waals surface area contributed by atoms with Gasteiger partial charge in [-0.1, -0.05) is 24.3 Å². The van der Waals surface area contributed by atoms with E-state index in [2.05, 4.69) is 15.7 Å². The average Bonchev–Trinajstić information content (AvgIpc) is 2.92. The molecule has 2 amide bonds. The summed E-state index contributed by atoms with van der Waals surface area (Å²) in [6, 6.07) is 7.12. The number of nitrogens with zero attached hydrogens (tertiary/aromatic N) is 2. The molecule has 6 nitrogen and oxygen atoms in total. The van der Waals surface area contributed by atoms with Gasteiger partial charge in [0.05, 0.1) is 18.3 Å². The van der Waals surface area contributed by atoms with E-state index >= 15 is 0 Å². The minimum atomic E-state index is -0.722. The minimum Gasteiger partial charge on any atom is -0.387 e. The van der Waals surface area contributed by atoms with E-state index in [9.17, 15) is 9.90 Å². The SMILES string of the molecule is Cc1ccccc1C(O)CNC(=O)NC(C)c1cnn(C)c1. The Morgan fingerprint density at radius 2 is 2.14 bits per heavy atom. The molecular weight excluding hydrogens is 280 g/mol. The summed E-state index contributed by atoms with van der Waals surface area (Å²) in [5, 5.41) is 19.7. The monoisotopic (exact) mass is 302 g/mol. The normalized spacial score (nSPS) is 13.5. The van der Waals surface area contributed by atoms with Gasteiger partial charge >= 0.3 is 6.03 Å². The third kappa shape index (κ3) is 4.08. The fraction of sp³-hybridized carbons (Fsp3) is 0.375. The van der Waals surface area contributed by atoms with E-state index < -0.39 is 6.10 Å². The van der Waals surface area contributed by atoms with Crippen LogP contribution in [0.15, 0.2) is 36.7 Å². The van der Waals surface area contributed by atoms with Gasteiger partial charge < -0.3 is 15.7 Å². The molecule has 0 spiro atoms. The van der Waals surface area contributed by atoms with E-state index in [0.29, 0.717) is 0 Å². The summed E-state index contributed by atoms with van der Waals surface area (Å²) in [6.45, 7) is 3.98. The highest BCUT2D eigenvalue weighted by atomic mass is 16.3. The van der Waals surface area contributed by atoms with Crippen molar-refractivity contribution in [3.05, 3.63) is 53.3 Å². The van der Waals surface area contributed by atoms with Crippen LogP contribution in [0, 0.1) is 6.92 Å². The first-order chi connectivity index (χ1) is 10.5. The number of carbonyl (C=O) groups excluding carboxylic acids is 1. The van der Waals surface area contributed by atoms with Crippen LogP contribution in [0.2, 0.25) is 0 Å². The Hall–Kier alpha value is -2.34. The molecule has 0 aliphatic heterocycles. The van der Waals surface area contributed by atoms with Crippen LogP contribution in [0.1, 0.15) is 35.8 Å². The van der Waals surface area contributed by atoms with Gasteiger partial charge in [-0.3, -0.25) is 4.68 Å². The van der Waals surface area contributed by atoms with Gasteiger partial charge in [0.1, 0.15) is 0 Å². The molecule has 0 saturated carbocycles. The van der Waals surface area contributed by atoms with Gasteiger partial charge in [-0.15, -0.1) is 0 Å². The quantitative estimate of drug-likeness (QED) is 0.788. The molecule has 1 aromatic carbocycles. The number of nitrogens with one attached hydrogen (secondary N) is 2. The predicted octanol–water partition coefficient (Wildman–Crippen LogP) is 1.82. The molecular formula is C16H22N4O2. The summed E-state index contributed by atoms with van der Waals surface area (Å²) < 4.78 is 1.69. The Balaban J connectivity index is 1.84. The molecule has 1 aromatic heterocycles. The second kappa shape index (κ2) is 7.09. The number of aliphatic hydroxyl groups excluding tert-OH is 1. The lowest BCUT2D eigenvalue weighted by Gasteiger charge is -2.17. The Kier molecular flexibility index (Phi) is 5.16. The summed E-state index contributed by atoms with van der Waals surface area (Å²) in [4.78, 5) is 11.9. The number of hydrogen-bond donors (Lipinski definition) is 3. The molecule has 22 heavy (non-hydrogen) atoms. The largest absolute Gasteiger partial charge is 0.387 e. The molecule has 2 atom stereocenters. The van der Waals surface area contributed by atoms with Gasteiger partial charge in [0.25, 0.3) is 0 Å². The lowest BCUT2D eigenvalue weighted by Crippen LogP contribution is -2.39. The number of carbonyl (C=O) groups is 1. The van der Waals surface area contributed by atoms with E-state index in [0.717, 1.165) is 16.7 Å². The zero-order chi connectivity index (χ0) is 16.1. The fourth-order valence-corrected chi connectivity index (χ4v) is 2.25. The third-order valence-electron chi connectivity index (χ3n) is 3.58. The number of hydrogen-bond acceptors (Lipinski definition) is 3. The summed E-state index contributed by atoms with van der Waals surface area (Å²) >= 11 is 0. The zero-order valence-corrected chi connectivity index (χ0v) is 13.1. The second-order valence-electron chi connectivity index (χ2n) is 5.40. The van der Waals surface area contributed by atoms with Gasteiger partial charge in [-0.25, -0.2) is 4.79 Å². The van der Waals surface area contributed by atoms with Crippen molar-refractivity contribution in [1.29, 1.82) is 0 Å². The van der Waals surface area contributed by atoms with Crippen LogP contribution in [0.4, 0.5) is 4.79 Å². The number of aryl methyl sites for hydroxylation is 2. The van der Waals surface area contributed by atoms with Gasteiger partial charge in [0, 0.05) is 25.4 Å². The summed E-state index contributed by atoms with van der Waals surface area (Å²) in [7, 11) is 1.83. The molecule has 0 radical (unpaired) electrons. The highest BCUT2D eigenvalue weighted by Crippen LogP contribution is 2.16. The van der Waals surface area contributed by atoms with Gasteiger partial charge in [0.15, 0.2) is 0 Å². The average molecular weight is 302 g/mol. The fourth-order valence-electron chi connectivity index (χ4n) is 2.25. The lowest BCUT2D eigenvalue weighted by atomic mass is 10.0. The first-order valence-electron chi connectivity index (χ1n) is 7.24. The molecule has 3 N–H and O–H groups in total. The topological polar surface area (TPSA) is 79.2 Å². The molecule has 2 unspecified atom stereocenters. The number of benzene rings is 1. The highest BCUT2D eigenvalue weighted by Gasteiger charge is 2.14. The number of aliphatic hydroxyl groups is 1.